The fourth-order valence-electron chi connectivity index (χ4n) is 5.43. The first-order valence-corrected chi connectivity index (χ1v) is 19.2. The van der Waals surface area contributed by atoms with E-state index in [2.05, 4.69) is 67.0 Å². The maximum atomic E-state index is 14.5. The second-order valence-electron chi connectivity index (χ2n) is 12.1. The fourth-order valence-corrected chi connectivity index (χ4v) is 8.36. The first-order chi connectivity index (χ1) is 22.4. The molecule has 0 unspecified atom stereocenters. The monoisotopic (exact) mass is 817 g/mol. The quantitative estimate of drug-likeness (QED) is 0.128. The number of nitrogens with zero attached hydrogens (tertiary/aromatic N) is 2. The Morgan fingerprint density at radius 1 is 0.826 bits per heavy atom. The van der Waals surface area contributed by atoms with Crippen LogP contribution in [0.4, 0.5) is 4.39 Å². The summed E-state index contributed by atoms with van der Waals surface area (Å²) < 4.78 is 33.6. The van der Waals surface area contributed by atoms with E-state index in [-0.39, 0.29) is 25.9 Å². The molecule has 0 atom stereocenters. The van der Waals surface area contributed by atoms with Crippen molar-refractivity contribution in [2.45, 2.75) is 39.9 Å². The van der Waals surface area contributed by atoms with Gasteiger partial charge in [-0.05, 0) is 70.8 Å². The van der Waals surface area contributed by atoms with E-state index in [0.29, 0.717) is 22.2 Å². The number of hydrogen-bond donors (Lipinski definition) is 0. The maximum Gasteiger partial charge on any atom is 0.130 e. The van der Waals surface area contributed by atoms with Gasteiger partial charge in [-0.1, -0.05) is 78.6 Å². The van der Waals surface area contributed by atoms with E-state index < -0.39 is 14.4 Å². The smallest absolute Gasteiger partial charge is 0.130 e. The van der Waals surface area contributed by atoms with Gasteiger partial charge in [0.05, 0.1) is 8.07 Å². The number of benzene rings is 4. The first-order valence-electron chi connectivity index (χ1n) is 15.9. The van der Waals surface area contributed by atoms with Crippen molar-refractivity contribution in [3.8, 4) is 22.5 Å². The van der Waals surface area contributed by atoms with Crippen LogP contribution >= 0.6 is 11.3 Å². The number of aromatic nitrogens is 2. The molecule has 2 nitrogen and oxygen atoms in total. The molecule has 0 N–H and O–H groups in total. The van der Waals surface area contributed by atoms with Crippen LogP contribution in [0.5, 0.6) is 0 Å². The van der Waals surface area contributed by atoms with Crippen molar-refractivity contribution >= 4 is 44.8 Å². The van der Waals surface area contributed by atoms with Crippen molar-refractivity contribution in [3.63, 3.8) is 0 Å². The normalized spacial score (nSPS) is 12.1. The van der Waals surface area contributed by atoms with Gasteiger partial charge in [-0.3, -0.25) is 0 Å². The molecule has 3 heterocycles. The van der Waals surface area contributed by atoms with E-state index in [0.717, 1.165) is 37.2 Å². The van der Waals surface area contributed by atoms with E-state index in [4.69, 9.17) is 2.74 Å². The summed E-state index contributed by atoms with van der Waals surface area (Å²) in [7, 11) is -1.27. The number of pyridine rings is 2. The van der Waals surface area contributed by atoms with Crippen LogP contribution in [0.3, 0.4) is 0 Å². The molecule has 0 aliphatic carbocycles. The molecule has 0 spiro atoms. The Balaban J connectivity index is 0.000000214. The minimum absolute atomic E-state index is 0. The molecule has 0 aliphatic rings. The van der Waals surface area contributed by atoms with Crippen molar-refractivity contribution in [1.82, 2.24) is 9.97 Å². The van der Waals surface area contributed by atoms with Crippen LogP contribution in [0.15, 0.2) is 109 Å². The zero-order chi connectivity index (χ0) is 33.3. The van der Waals surface area contributed by atoms with Gasteiger partial charge in [-0.25, -0.2) is 4.39 Å². The van der Waals surface area contributed by atoms with E-state index in [1.54, 1.807) is 30.5 Å². The second kappa shape index (κ2) is 14.3. The maximum absolute atomic E-state index is 14.5. The SMILES string of the molecule is Cc1cc(-c2[c-]cccc2)ncc1[Si](C)(C)C.[2H]C([2H])(c1ccc(C)cc1)c1ccnc(-c2[c-]ccc3c2sc2cccc(F)c23)c1.[Ir]. The third-order valence-electron chi connectivity index (χ3n) is 7.67. The zero-order valence-corrected chi connectivity index (χ0v) is 30.6. The predicted octanol–water partition coefficient (Wildman–Crippen LogP) is 10.4. The average molecular weight is 817 g/mol. The van der Waals surface area contributed by atoms with Gasteiger partial charge >= 0.3 is 0 Å². The van der Waals surface area contributed by atoms with E-state index in [1.807, 2.05) is 61.5 Å². The third kappa shape index (κ3) is 7.43. The van der Waals surface area contributed by atoms with Crippen LogP contribution in [0.1, 0.15) is 25.0 Å². The standard InChI is InChI=1S/C25H17FNS.C15H18NSi.Ir/c1-16-8-10-17(11-9-16)14-18-12-13-27-22(15-18)19-4-2-5-20-24-21(26)6-3-7-23(24)28-25(19)20;1-12-10-14(13-8-6-5-7-9-13)16-11-15(12)17(2,3)4;/h2-3,5-13,15H,14H2,1H3;5-8,10-11H,1-4H3;/q2*-1;/i14D2;;. The Morgan fingerprint density at radius 3 is 2.35 bits per heavy atom. The van der Waals surface area contributed by atoms with Crippen LogP contribution in [0, 0.1) is 31.8 Å². The minimum Gasteiger partial charge on any atom is -0.305 e. The Labute approximate surface area is 292 Å². The zero-order valence-electron chi connectivity index (χ0n) is 28.4. The molecule has 0 fully saturated rings. The van der Waals surface area contributed by atoms with Gasteiger partial charge in [-0.15, -0.1) is 59.7 Å². The van der Waals surface area contributed by atoms with E-state index in [9.17, 15) is 4.39 Å². The van der Waals surface area contributed by atoms with Gasteiger partial charge < -0.3 is 9.97 Å². The van der Waals surface area contributed by atoms with Crippen LogP contribution < -0.4 is 5.19 Å². The second-order valence-corrected chi connectivity index (χ2v) is 18.2. The number of rotatable bonds is 5. The molecular weight excluding hydrogens is 780 g/mol. The Morgan fingerprint density at radius 2 is 1.63 bits per heavy atom. The average Bonchev–Trinajstić information content (AvgIpc) is 3.45. The molecule has 1 radical (unpaired) electrons. The van der Waals surface area contributed by atoms with Crippen molar-refractivity contribution in [2.24, 2.45) is 0 Å². The van der Waals surface area contributed by atoms with Crippen LogP contribution in [-0.4, -0.2) is 18.0 Å². The van der Waals surface area contributed by atoms with Crippen LogP contribution in [0.2, 0.25) is 19.6 Å². The summed E-state index contributed by atoms with van der Waals surface area (Å²) >= 11 is 1.50. The van der Waals surface area contributed by atoms with Crippen molar-refractivity contribution in [1.29, 1.82) is 0 Å². The number of fused-ring (bicyclic) bond motifs is 3. The molecule has 6 heteroatoms. The molecule has 0 bridgehead atoms. The van der Waals surface area contributed by atoms with Crippen LogP contribution in [0.25, 0.3) is 42.7 Å². The summed E-state index contributed by atoms with van der Waals surface area (Å²) in [5, 5.41) is 2.88. The number of halogens is 1. The van der Waals surface area contributed by atoms with Crippen molar-refractivity contribution < 1.29 is 27.2 Å². The van der Waals surface area contributed by atoms with Gasteiger partial charge in [0.25, 0.3) is 0 Å². The number of thiophene rings is 1. The van der Waals surface area contributed by atoms with Crippen molar-refractivity contribution in [3.05, 3.63) is 150 Å². The van der Waals surface area contributed by atoms with Gasteiger partial charge in [-0.2, -0.15) is 11.3 Å². The molecule has 46 heavy (non-hydrogen) atoms. The molecular formula is C40H35FIrN2SSi-2. The summed E-state index contributed by atoms with van der Waals surface area (Å²) in [5.41, 5.74) is 7.03. The molecule has 233 valence electrons. The molecule has 4 aromatic carbocycles. The number of hydrogen-bond acceptors (Lipinski definition) is 3. The molecule has 0 saturated carbocycles. The van der Waals surface area contributed by atoms with Gasteiger partial charge in [0.1, 0.15) is 5.82 Å². The van der Waals surface area contributed by atoms with Crippen LogP contribution in [-0.2, 0) is 26.5 Å². The Kier molecular flexibility index (Phi) is 9.59. The number of aryl methyl sites for hydroxylation is 2. The molecule has 7 rings (SSSR count). The summed E-state index contributed by atoms with van der Waals surface area (Å²) in [6.07, 6.45) is 2.01. The third-order valence-corrected chi connectivity index (χ3v) is 11.0. The van der Waals surface area contributed by atoms with E-state index >= 15 is 0 Å². The topological polar surface area (TPSA) is 25.8 Å². The minimum atomic E-state index is -1.66. The molecule has 7 aromatic rings. The molecule has 3 aromatic heterocycles. The van der Waals surface area contributed by atoms with E-state index in [1.165, 1.54) is 28.2 Å². The van der Waals surface area contributed by atoms with Gasteiger partial charge in [0.2, 0.25) is 0 Å². The molecule has 0 saturated heterocycles. The largest absolute Gasteiger partial charge is 0.305 e. The predicted molar refractivity (Wildman–Crippen MR) is 192 cm³/mol. The Bertz CT molecular complexity index is 2200. The molecule has 0 amide bonds. The summed E-state index contributed by atoms with van der Waals surface area (Å²) in [5.74, 6) is -0.242. The molecule has 0 aliphatic heterocycles. The fraction of sp³-hybridized carbons (Fsp3) is 0.150. The first kappa shape index (κ1) is 30.8. The summed E-state index contributed by atoms with van der Waals surface area (Å²) in [4.78, 5) is 9.07. The van der Waals surface area contributed by atoms with Crippen molar-refractivity contribution in [2.75, 3.05) is 0 Å². The summed E-state index contributed by atoms with van der Waals surface area (Å²) in [6, 6.07) is 36.3. The van der Waals surface area contributed by atoms with Gasteiger partial charge in [0.15, 0.2) is 0 Å². The summed E-state index contributed by atoms with van der Waals surface area (Å²) in [6.45, 7) is 11.2. The van der Waals surface area contributed by atoms with Gasteiger partial charge in [0, 0.05) is 45.3 Å². The Hall–Kier alpha value is -3.80.